The highest BCUT2D eigenvalue weighted by Crippen LogP contribution is 2.35. The van der Waals surface area contributed by atoms with E-state index in [-0.39, 0.29) is 0 Å². The summed E-state index contributed by atoms with van der Waals surface area (Å²) in [5, 5.41) is 0.818. The minimum Gasteiger partial charge on any atom is -0.493 e. The van der Waals surface area contributed by atoms with Crippen LogP contribution in [0.1, 0.15) is 37.3 Å². The van der Waals surface area contributed by atoms with Crippen LogP contribution in [0.15, 0.2) is 12.1 Å². The summed E-state index contributed by atoms with van der Waals surface area (Å²) in [5.41, 5.74) is 8.42. The summed E-state index contributed by atoms with van der Waals surface area (Å²) >= 11 is 6.25. The molecule has 2 heterocycles. The van der Waals surface area contributed by atoms with Crippen molar-refractivity contribution in [3.63, 3.8) is 0 Å². The van der Waals surface area contributed by atoms with Gasteiger partial charge in [0.15, 0.2) is 0 Å². The molecule has 3 nitrogen and oxygen atoms in total. The van der Waals surface area contributed by atoms with Gasteiger partial charge in [-0.15, -0.1) is 0 Å². The van der Waals surface area contributed by atoms with Crippen LogP contribution in [-0.2, 0) is 13.0 Å². The molecule has 110 valence electrons. The number of benzene rings is 1. The van der Waals surface area contributed by atoms with Crippen LogP contribution in [-0.4, -0.2) is 30.1 Å². The molecule has 0 spiro atoms. The number of hydrogen-bond acceptors (Lipinski definition) is 3. The summed E-state index contributed by atoms with van der Waals surface area (Å²) < 4.78 is 5.81. The van der Waals surface area contributed by atoms with Crippen LogP contribution in [0.5, 0.6) is 5.75 Å². The third-order valence-electron chi connectivity index (χ3n) is 4.64. The number of fused-ring (bicyclic) bond motifs is 1. The number of ether oxygens (including phenoxy) is 1. The second-order valence-corrected chi connectivity index (χ2v) is 6.43. The van der Waals surface area contributed by atoms with Gasteiger partial charge in [-0.05, 0) is 37.5 Å². The molecule has 1 aromatic rings. The highest BCUT2D eigenvalue weighted by Gasteiger charge is 2.28. The van der Waals surface area contributed by atoms with Gasteiger partial charge in [-0.3, -0.25) is 4.90 Å². The monoisotopic (exact) mass is 294 g/mol. The highest BCUT2D eigenvalue weighted by molar-refractivity contribution is 6.30. The Morgan fingerprint density at radius 1 is 1.40 bits per heavy atom. The average Bonchev–Trinajstić information content (AvgIpc) is 2.89. The van der Waals surface area contributed by atoms with Crippen molar-refractivity contribution in [2.45, 2.75) is 51.2 Å². The summed E-state index contributed by atoms with van der Waals surface area (Å²) in [7, 11) is 0. The molecule has 2 aliphatic rings. The fourth-order valence-corrected chi connectivity index (χ4v) is 3.80. The van der Waals surface area contributed by atoms with Crippen LogP contribution in [0, 0.1) is 0 Å². The van der Waals surface area contributed by atoms with E-state index >= 15 is 0 Å². The quantitative estimate of drug-likeness (QED) is 0.931. The molecule has 4 heteroatoms. The maximum atomic E-state index is 6.25. The predicted octanol–water partition coefficient (Wildman–Crippen LogP) is 2.98. The maximum Gasteiger partial charge on any atom is 0.127 e. The summed E-state index contributed by atoms with van der Waals surface area (Å²) in [6.45, 7) is 4.70. The standard InChI is InChI=1S/C16H23ClN2O/c1-11-3-2-4-15(9-18)19(11)10-13-8-14(17)7-12-5-6-20-16(12)13/h7-8,11,15H,2-6,9-10,18H2,1H3. The summed E-state index contributed by atoms with van der Waals surface area (Å²) in [4.78, 5) is 2.52. The number of likely N-dealkylation sites (tertiary alicyclic amines) is 1. The smallest absolute Gasteiger partial charge is 0.127 e. The fraction of sp³-hybridized carbons (Fsp3) is 0.625. The zero-order chi connectivity index (χ0) is 14.1. The number of rotatable bonds is 3. The van der Waals surface area contributed by atoms with Crippen molar-refractivity contribution in [2.24, 2.45) is 5.73 Å². The molecule has 0 aliphatic carbocycles. The van der Waals surface area contributed by atoms with Crippen LogP contribution in [0.25, 0.3) is 0 Å². The molecule has 2 atom stereocenters. The molecular weight excluding hydrogens is 272 g/mol. The number of nitrogens with two attached hydrogens (primary N) is 1. The summed E-state index contributed by atoms with van der Waals surface area (Å²) in [5.74, 6) is 1.06. The van der Waals surface area contributed by atoms with E-state index in [2.05, 4.69) is 17.9 Å². The lowest BCUT2D eigenvalue weighted by Crippen LogP contribution is -2.48. The Hall–Kier alpha value is -0.770. The molecule has 1 saturated heterocycles. The second-order valence-electron chi connectivity index (χ2n) is 5.99. The van der Waals surface area contributed by atoms with E-state index in [1.807, 2.05) is 6.07 Å². The Morgan fingerprint density at radius 2 is 2.25 bits per heavy atom. The molecule has 20 heavy (non-hydrogen) atoms. The van der Waals surface area contributed by atoms with Crippen molar-refractivity contribution in [3.05, 3.63) is 28.3 Å². The molecule has 0 bridgehead atoms. The van der Waals surface area contributed by atoms with E-state index < -0.39 is 0 Å². The Bertz CT molecular complexity index is 492. The molecule has 2 aliphatic heterocycles. The van der Waals surface area contributed by atoms with E-state index in [4.69, 9.17) is 22.1 Å². The Balaban J connectivity index is 1.86. The minimum absolute atomic E-state index is 0.481. The first kappa shape index (κ1) is 14.2. The molecule has 0 radical (unpaired) electrons. The van der Waals surface area contributed by atoms with Crippen LogP contribution in [0.4, 0.5) is 0 Å². The molecule has 0 saturated carbocycles. The van der Waals surface area contributed by atoms with Gasteiger partial charge in [0, 0.05) is 42.2 Å². The maximum absolute atomic E-state index is 6.25. The number of nitrogens with zero attached hydrogens (tertiary/aromatic N) is 1. The first-order chi connectivity index (χ1) is 9.69. The Labute approximate surface area is 126 Å². The van der Waals surface area contributed by atoms with Gasteiger partial charge in [-0.2, -0.15) is 0 Å². The van der Waals surface area contributed by atoms with Crippen molar-refractivity contribution in [1.82, 2.24) is 4.90 Å². The molecule has 2 N–H and O–H groups in total. The van der Waals surface area contributed by atoms with Gasteiger partial charge in [-0.1, -0.05) is 18.0 Å². The van der Waals surface area contributed by atoms with Crippen LogP contribution >= 0.6 is 11.6 Å². The van der Waals surface area contributed by atoms with Gasteiger partial charge in [-0.25, -0.2) is 0 Å². The fourth-order valence-electron chi connectivity index (χ4n) is 3.54. The van der Waals surface area contributed by atoms with Crippen molar-refractivity contribution in [2.75, 3.05) is 13.2 Å². The zero-order valence-electron chi connectivity index (χ0n) is 12.1. The first-order valence-electron chi connectivity index (χ1n) is 7.59. The Morgan fingerprint density at radius 3 is 3.05 bits per heavy atom. The summed E-state index contributed by atoms with van der Waals surface area (Å²) in [6, 6.07) is 5.15. The van der Waals surface area contributed by atoms with Gasteiger partial charge in [0.1, 0.15) is 5.75 Å². The lowest BCUT2D eigenvalue weighted by molar-refractivity contribution is 0.0882. The first-order valence-corrected chi connectivity index (χ1v) is 7.96. The number of piperidine rings is 1. The third kappa shape index (κ3) is 2.67. The molecule has 3 rings (SSSR count). The molecule has 1 fully saturated rings. The third-order valence-corrected chi connectivity index (χ3v) is 4.86. The lowest BCUT2D eigenvalue weighted by atomic mass is 9.95. The SMILES string of the molecule is CC1CCCC(CN)N1Cc1cc(Cl)cc2c1OCC2. The lowest BCUT2D eigenvalue weighted by Gasteiger charge is -2.40. The van der Waals surface area contributed by atoms with Gasteiger partial charge < -0.3 is 10.5 Å². The van der Waals surface area contributed by atoms with Crippen molar-refractivity contribution in [1.29, 1.82) is 0 Å². The van der Waals surface area contributed by atoms with E-state index in [0.717, 1.165) is 36.9 Å². The van der Waals surface area contributed by atoms with Crippen LogP contribution in [0.3, 0.4) is 0 Å². The molecule has 0 aromatic heterocycles. The zero-order valence-corrected chi connectivity index (χ0v) is 12.8. The van der Waals surface area contributed by atoms with Crippen molar-refractivity contribution >= 4 is 11.6 Å². The van der Waals surface area contributed by atoms with Gasteiger partial charge in [0.05, 0.1) is 6.61 Å². The van der Waals surface area contributed by atoms with Gasteiger partial charge in [0.25, 0.3) is 0 Å². The van der Waals surface area contributed by atoms with Crippen LogP contribution in [0.2, 0.25) is 5.02 Å². The molecule has 1 aromatic carbocycles. The second kappa shape index (κ2) is 5.92. The number of hydrogen-bond donors (Lipinski definition) is 1. The summed E-state index contributed by atoms with van der Waals surface area (Å²) in [6.07, 6.45) is 4.70. The van der Waals surface area contributed by atoms with Crippen molar-refractivity contribution in [3.8, 4) is 5.75 Å². The minimum atomic E-state index is 0.481. The van der Waals surface area contributed by atoms with E-state index in [1.54, 1.807) is 0 Å². The van der Waals surface area contributed by atoms with Gasteiger partial charge in [0.2, 0.25) is 0 Å². The molecule has 2 unspecified atom stereocenters. The largest absolute Gasteiger partial charge is 0.493 e. The normalized spacial score (nSPS) is 26.4. The predicted molar refractivity (Wildman–Crippen MR) is 82.3 cm³/mol. The van der Waals surface area contributed by atoms with Gasteiger partial charge >= 0.3 is 0 Å². The number of halogens is 1. The van der Waals surface area contributed by atoms with E-state index in [9.17, 15) is 0 Å². The van der Waals surface area contributed by atoms with Crippen molar-refractivity contribution < 1.29 is 4.74 Å². The molecular formula is C16H23ClN2O. The van der Waals surface area contributed by atoms with E-state index in [0.29, 0.717) is 12.1 Å². The molecule has 0 amide bonds. The highest BCUT2D eigenvalue weighted by atomic mass is 35.5. The van der Waals surface area contributed by atoms with Crippen LogP contribution < -0.4 is 10.5 Å². The Kier molecular flexibility index (Phi) is 4.20. The average molecular weight is 295 g/mol. The van der Waals surface area contributed by atoms with E-state index in [1.165, 1.54) is 30.4 Å². The topological polar surface area (TPSA) is 38.5 Å².